The first kappa shape index (κ1) is 21.6. The van der Waals surface area contributed by atoms with E-state index in [-0.39, 0.29) is 11.8 Å². The van der Waals surface area contributed by atoms with Crippen molar-refractivity contribution in [3.05, 3.63) is 24.3 Å². The van der Waals surface area contributed by atoms with Gasteiger partial charge in [-0.25, -0.2) is 0 Å². The molecule has 9 heteroatoms. The zero-order chi connectivity index (χ0) is 21.6. The smallest absolute Gasteiger partial charge is 0.324 e. The van der Waals surface area contributed by atoms with E-state index in [1.165, 1.54) is 0 Å². The van der Waals surface area contributed by atoms with E-state index in [9.17, 15) is 4.79 Å². The Morgan fingerprint density at radius 2 is 1.97 bits per heavy atom. The number of amides is 1. The molecule has 0 saturated carbocycles. The van der Waals surface area contributed by atoms with Crippen molar-refractivity contribution in [1.29, 1.82) is 0 Å². The summed E-state index contributed by atoms with van der Waals surface area (Å²) in [7, 11) is 3.79. The molecule has 1 amide bonds. The molecule has 9 nitrogen and oxygen atoms in total. The van der Waals surface area contributed by atoms with Gasteiger partial charge in [-0.2, -0.15) is 4.98 Å². The number of hydrogen-bond acceptors (Lipinski definition) is 8. The molecule has 0 aliphatic carbocycles. The molecule has 2 aliphatic rings. The van der Waals surface area contributed by atoms with E-state index >= 15 is 0 Å². The fourth-order valence-corrected chi connectivity index (χ4v) is 4.12. The molecule has 1 aromatic heterocycles. The number of likely N-dealkylation sites (N-methyl/N-ethyl adjacent to an activating group) is 1. The van der Waals surface area contributed by atoms with Crippen LogP contribution in [0.2, 0.25) is 0 Å². The highest BCUT2D eigenvalue weighted by Crippen LogP contribution is 2.25. The number of aromatic nitrogens is 2. The molecule has 1 N–H and O–H groups in total. The Morgan fingerprint density at radius 1 is 1.19 bits per heavy atom. The lowest BCUT2D eigenvalue weighted by molar-refractivity contribution is -0.125. The molecule has 4 rings (SSSR count). The fraction of sp³-hybridized carbons (Fsp3) is 0.591. The summed E-state index contributed by atoms with van der Waals surface area (Å²) in [6.07, 6.45) is 1.81. The summed E-state index contributed by atoms with van der Waals surface area (Å²) >= 11 is 0. The van der Waals surface area contributed by atoms with Crippen molar-refractivity contribution in [2.45, 2.75) is 12.8 Å². The van der Waals surface area contributed by atoms with E-state index in [0.717, 1.165) is 63.4 Å². The van der Waals surface area contributed by atoms with E-state index in [1.807, 2.05) is 29.2 Å². The summed E-state index contributed by atoms with van der Waals surface area (Å²) in [5.74, 6) is 1.38. The average Bonchev–Trinajstić information content (AvgIpc) is 3.31. The third-order valence-corrected chi connectivity index (χ3v) is 6.15. The fourth-order valence-electron chi connectivity index (χ4n) is 4.12. The maximum Gasteiger partial charge on any atom is 0.324 e. The molecule has 168 valence electrons. The second-order valence-corrected chi connectivity index (χ2v) is 8.35. The summed E-state index contributed by atoms with van der Waals surface area (Å²) in [6.45, 7) is 7.34. The van der Waals surface area contributed by atoms with Gasteiger partial charge in [-0.15, -0.1) is 0 Å². The number of nitrogens with one attached hydrogen (secondary N) is 1. The Bertz CT molecular complexity index is 847. The quantitative estimate of drug-likeness (QED) is 0.707. The molecule has 1 aromatic carbocycles. The zero-order valence-electron chi connectivity index (χ0n) is 18.4. The molecule has 0 spiro atoms. The predicted molar refractivity (Wildman–Crippen MR) is 118 cm³/mol. The SMILES string of the molecule is COc1ccc(-c2noc(N3CCCC(C(=O)NCCN4CCN(C)CC4)C3)n2)cc1. The molecule has 0 bridgehead atoms. The van der Waals surface area contributed by atoms with E-state index in [1.54, 1.807) is 7.11 Å². The highest BCUT2D eigenvalue weighted by Gasteiger charge is 2.28. The third-order valence-electron chi connectivity index (χ3n) is 6.15. The standard InChI is InChI=1S/C22H32N6O3/c1-26-12-14-27(15-13-26)11-9-23-21(29)18-4-3-10-28(16-18)22-24-20(25-31-22)17-5-7-19(30-2)8-6-17/h5-8,18H,3-4,9-16H2,1-2H3,(H,23,29). The third kappa shape index (κ3) is 5.54. The molecule has 31 heavy (non-hydrogen) atoms. The lowest BCUT2D eigenvalue weighted by Gasteiger charge is -2.33. The van der Waals surface area contributed by atoms with Gasteiger partial charge in [-0.3, -0.25) is 9.69 Å². The van der Waals surface area contributed by atoms with Crippen molar-refractivity contribution >= 4 is 11.9 Å². The van der Waals surface area contributed by atoms with Crippen LogP contribution in [0.3, 0.4) is 0 Å². The number of piperidine rings is 1. The molecule has 2 fully saturated rings. The number of carbonyl (C=O) groups is 1. The molecular weight excluding hydrogens is 396 g/mol. The van der Waals surface area contributed by atoms with Crippen LogP contribution in [0, 0.1) is 5.92 Å². The van der Waals surface area contributed by atoms with E-state index in [2.05, 4.69) is 32.3 Å². The van der Waals surface area contributed by atoms with Crippen molar-refractivity contribution in [2.24, 2.45) is 5.92 Å². The van der Waals surface area contributed by atoms with Gasteiger partial charge >= 0.3 is 6.01 Å². The van der Waals surface area contributed by atoms with Crippen LogP contribution in [0.15, 0.2) is 28.8 Å². The number of carbonyl (C=O) groups excluding carboxylic acids is 1. The molecule has 1 unspecified atom stereocenters. The first-order valence-corrected chi connectivity index (χ1v) is 11.0. The number of benzene rings is 1. The van der Waals surface area contributed by atoms with Crippen LogP contribution in [-0.4, -0.2) is 92.4 Å². The zero-order valence-corrected chi connectivity index (χ0v) is 18.4. The molecule has 1 atom stereocenters. The van der Waals surface area contributed by atoms with Crippen molar-refractivity contribution in [3.8, 4) is 17.1 Å². The van der Waals surface area contributed by atoms with Crippen LogP contribution in [0.25, 0.3) is 11.4 Å². The lowest BCUT2D eigenvalue weighted by atomic mass is 9.97. The first-order valence-electron chi connectivity index (χ1n) is 11.0. The normalized spacial score (nSPS) is 20.6. The van der Waals surface area contributed by atoms with Gasteiger partial charge in [0.15, 0.2) is 0 Å². The predicted octanol–water partition coefficient (Wildman–Crippen LogP) is 1.33. The van der Waals surface area contributed by atoms with E-state index < -0.39 is 0 Å². The Morgan fingerprint density at radius 3 is 2.71 bits per heavy atom. The largest absolute Gasteiger partial charge is 0.497 e. The summed E-state index contributed by atoms with van der Waals surface area (Å²) in [4.78, 5) is 24.0. The van der Waals surface area contributed by atoms with Gasteiger partial charge in [0.25, 0.3) is 0 Å². The Kier molecular flexibility index (Phi) is 7.03. The number of ether oxygens (including phenoxy) is 1. The summed E-state index contributed by atoms with van der Waals surface area (Å²) in [5, 5.41) is 7.24. The van der Waals surface area contributed by atoms with Crippen LogP contribution in [0.4, 0.5) is 6.01 Å². The van der Waals surface area contributed by atoms with Gasteiger partial charge in [0.05, 0.1) is 13.0 Å². The Balaban J connectivity index is 1.28. The van der Waals surface area contributed by atoms with Crippen molar-refractivity contribution in [1.82, 2.24) is 25.3 Å². The number of nitrogens with zero attached hydrogens (tertiary/aromatic N) is 5. The monoisotopic (exact) mass is 428 g/mol. The second kappa shape index (κ2) is 10.1. The number of hydrogen-bond donors (Lipinski definition) is 1. The van der Waals surface area contributed by atoms with Gasteiger partial charge in [-0.05, 0) is 44.2 Å². The lowest BCUT2D eigenvalue weighted by Crippen LogP contribution is -2.48. The minimum atomic E-state index is -0.0578. The van der Waals surface area contributed by atoms with Gasteiger partial charge in [0, 0.05) is 57.9 Å². The number of piperazine rings is 1. The number of anilines is 1. The van der Waals surface area contributed by atoms with E-state index in [0.29, 0.717) is 24.9 Å². The van der Waals surface area contributed by atoms with Crippen LogP contribution in [0.1, 0.15) is 12.8 Å². The van der Waals surface area contributed by atoms with Crippen molar-refractivity contribution < 1.29 is 14.1 Å². The summed E-state index contributed by atoms with van der Waals surface area (Å²) in [5.41, 5.74) is 0.867. The molecule has 0 radical (unpaired) electrons. The van der Waals surface area contributed by atoms with Crippen LogP contribution in [0.5, 0.6) is 5.75 Å². The minimum absolute atomic E-state index is 0.0578. The number of methoxy groups -OCH3 is 1. The molecule has 2 aromatic rings. The van der Waals surface area contributed by atoms with E-state index in [4.69, 9.17) is 9.26 Å². The van der Waals surface area contributed by atoms with Gasteiger partial charge in [-0.1, -0.05) is 5.16 Å². The molecule has 2 saturated heterocycles. The van der Waals surface area contributed by atoms with Crippen LogP contribution in [-0.2, 0) is 4.79 Å². The van der Waals surface area contributed by atoms with Crippen molar-refractivity contribution in [3.63, 3.8) is 0 Å². The van der Waals surface area contributed by atoms with Gasteiger partial charge in [0.1, 0.15) is 5.75 Å². The maximum atomic E-state index is 12.7. The van der Waals surface area contributed by atoms with Gasteiger partial charge in [0.2, 0.25) is 11.7 Å². The van der Waals surface area contributed by atoms with Crippen LogP contribution < -0.4 is 15.0 Å². The molecule has 3 heterocycles. The summed E-state index contributed by atoms with van der Waals surface area (Å²) < 4.78 is 10.7. The first-order chi connectivity index (χ1) is 15.1. The Labute approximate surface area is 183 Å². The topological polar surface area (TPSA) is 87.0 Å². The maximum absolute atomic E-state index is 12.7. The average molecular weight is 429 g/mol. The van der Waals surface area contributed by atoms with Crippen molar-refractivity contribution in [2.75, 3.05) is 71.4 Å². The molecular formula is C22H32N6O3. The number of rotatable bonds is 7. The second-order valence-electron chi connectivity index (χ2n) is 8.35. The Hall–Kier alpha value is -2.65. The summed E-state index contributed by atoms with van der Waals surface area (Å²) in [6, 6.07) is 8.02. The van der Waals surface area contributed by atoms with Crippen LogP contribution >= 0.6 is 0 Å². The highest BCUT2D eigenvalue weighted by atomic mass is 16.5. The highest BCUT2D eigenvalue weighted by molar-refractivity contribution is 5.79. The minimum Gasteiger partial charge on any atom is -0.497 e. The van der Waals surface area contributed by atoms with Gasteiger partial charge < -0.3 is 24.4 Å². The molecule has 2 aliphatic heterocycles.